The summed E-state index contributed by atoms with van der Waals surface area (Å²) in [6.07, 6.45) is 8.96. The van der Waals surface area contributed by atoms with Crippen molar-refractivity contribution in [1.29, 1.82) is 5.26 Å². The summed E-state index contributed by atoms with van der Waals surface area (Å²) in [6, 6.07) is 19.5. The molecule has 4 aromatic heterocycles. The Labute approximate surface area is 264 Å². The molecule has 0 radical (unpaired) electrons. The highest BCUT2D eigenvalue weighted by atomic mass is 79.9. The molecule has 1 aromatic carbocycles. The molecule has 3 aliphatic heterocycles. The van der Waals surface area contributed by atoms with Gasteiger partial charge in [0.15, 0.2) is 0 Å². The number of hydrogen-bond acceptors (Lipinski definition) is 8. The van der Waals surface area contributed by atoms with E-state index >= 15 is 0 Å². The molecule has 0 saturated carbocycles. The van der Waals surface area contributed by atoms with Gasteiger partial charge in [0.2, 0.25) is 0 Å². The molecule has 5 aromatic rings. The number of aryl methyl sites for hydroxylation is 1. The number of piperidine rings is 1. The maximum Gasteiger partial charge on any atom is 0.261 e. The second-order valence-corrected chi connectivity index (χ2v) is 13.8. The molecule has 7 heterocycles. The summed E-state index contributed by atoms with van der Waals surface area (Å²) in [7, 11) is -3.85. The summed E-state index contributed by atoms with van der Waals surface area (Å²) < 4.78 is 31.2. The second kappa shape index (κ2) is 11.3. The number of halogens is 1. The third-order valence-electron chi connectivity index (χ3n) is 8.45. The van der Waals surface area contributed by atoms with E-state index < -0.39 is 10.0 Å². The summed E-state index contributed by atoms with van der Waals surface area (Å²) in [5.41, 5.74) is 5.08. The van der Waals surface area contributed by atoms with Crippen LogP contribution in [0.5, 0.6) is 0 Å². The fourth-order valence-corrected chi connectivity index (χ4v) is 7.44. The van der Waals surface area contributed by atoms with E-state index in [9.17, 15) is 13.7 Å². The Bertz CT molecular complexity index is 1980. The van der Waals surface area contributed by atoms with Gasteiger partial charge in [-0.1, -0.05) is 28.9 Å². The third kappa shape index (κ3) is 5.32. The van der Waals surface area contributed by atoms with Gasteiger partial charge in [-0.2, -0.15) is 10.4 Å². The lowest BCUT2D eigenvalue weighted by atomic mass is 9.87. The van der Waals surface area contributed by atoms with Crippen molar-refractivity contribution in [3.05, 3.63) is 101 Å². The molecule has 12 heteroatoms. The Morgan fingerprint density at radius 1 is 1.02 bits per heavy atom. The topological polar surface area (TPSA) is 120 Å². The summed E-state index contributed by atoms with van der Waals surface area (Å²) in [6.45, 7) is 4.84. The van der Waals surface area contributed by atoms with Crippen LogP contribution < -0.4 is 9.62 Å². The van der Waals surface area contributed by atoms with E-state index in [0.29, 0.717) is 34.4 Å². The fraction of sp³-hybridized carbons (Fsp3) is 0.250. The lowest BCUT2D eigenvalue weighted by molar-refractivity contribution is -0.00875. The van der Waals surface area contributed by atoms with Crippen molar-refractivity contribution in [2.24, 2.45) is 0 Å². The Hall–Kier alpha value is -4.31. The predicted molar refractivity (Wildman–Crippen MR) is 172 cm³/mol. The van der Waals surface area contributed by atoms with Gasteiger partial charge in [0.05, 0.1) is 34.1 Å². The van der Waals surface area contributed by atoms with Gasteiger partial charge in [0.1, 0.15) is 11.9 Å². The monoisotopic (exact) mass is 668 g/mol. The van der Waals surface area contributed by atoms with Crippen molar-refractivity contribution < 1.29 is 8.42 Å². The summed E-state index contributed by atoms with van der Waals surface area (Å²) in [5, 5.41) is 14.1. The van der Waals surface area contributed by atoms with E-state index in [2.05, 4.69) is 65.7 Å². The SMILES string of the molecule is CCc1ccc(CN2C3CC2CN(c2ccc(-c4cc(NS(=O)(=O)c5ccc(Br)cc5)cn5ncc(C#N)c45)cn2)C3)cn1. The molecular weight excluding hydrogens is 640 g/mol. The first-order valence-electron chi connectivity index (χ1n) is 14.4. The number of hydrogen-bond donors (Lipinski definition) is 1. The Balaban J connectivity index is 1.12. The zero-order valence-electron chi connectivity index (χ0n) is 23.9. The van der Waals surface area contributed by atoms with Crippen LogP contribution in [0.2, 0.25) is 0 Å². The lowest BCUT2D eigenvalue weighted by Crippen LogP contribution is -2.68. The minimum atomic E-state index is -3.85. The van der Waals surface area contributed by atoms with Crippen LogP contribution in [0.1, 0.15) is 30.2 Å². The molecule has 0 spiro atoms. The van der Waals surface area contributed by atoms with Crippen molar-refractivity contribution in [3.63, 3.8) is 0 Å². The minimum Gasteiger partial charge on any atom is -0.353 e. The maximum atomic E-state index is 13.1. The summed E-state index contributed by atoms with van der Waals surface area (Å²) in [4.78, 5) is 14.4. The van der Waals surface area contributed by atoms with E-state index in [1.165, 1.54) is 34.8 Å². The predicted octanol–water partition coefficient (Wildman–Crippen LogP) is 5.25. The van der Waals surface area contributed by atoms with Gasteiger partial charge in [-0.3, -0.25) is 14.6 Å². The van der Waals surface area contributed by atoms with Crippen LogP contribution in [-0.4, -0.2) is 58.1 Å². The Morgan fingerprint density at radius 3 is 2.48 bits per heavy atom. The smallest absolute Gasteiger partial charge is 0.261 e. The van der Waals surface area contributed by atoms with E-state index in [4.69, 9.17) is 4.98 Å². The third-order valence-corrected chi connectivity index (χ3v) is 10.4. The van der Waals surface area contributed by atoms with Crippen molar-refractivity contribution in [3.8, 4) is 17.2 Å². The van der Waals surface area contributed by atoms with Crippen LogP contribution in [0.3, 0.4) is 0 Å². The normalized spacial score (nSPS) is 18.2. The molecule has 1 N–H and O–H groups in total. The number of sulfonamides is 1. The average Bonchev–Trinajstić information content (AvgIpc) is 3.46. The number of fused-ring (bicyclic) bond motifs is 3. The van der Waals surface area contributed by atoms with E-state index in [0.717, 1.165) is 47.6 Å². The molecule has 10 nitrogen and oxygen atoms in total. The van der Waals surface area contributed by atoms with Crippen LogP contribution in [-0.2, 0) is 23.0 Å². The largest absolute Gasteiger partial charge is 0.353 e. The number of piperazine rings is 1. The van der Waals surface area contributed by atoms with Crippen LogP contribution in [0.15, 0.2) is 88.8 Å². The van der Waals surface area contributed by atoms with Gasteiger partial charge in [-0.15, -0.1) is 0 Å². The fourth-order valence-electron chi connectivity index (χ4n) is 6.14. The number of rotatable bonds is 8. The van der Waals surface area contributed by atoms with Gasteiger partial charge >= 0.3 is 0 Å². The minimum absolute atomic E-state index is 0.135. The molecule has 0 amide bonds. The van der Waals surface area contributed by atoms with E-state index in [-0.39, 0.29) is 4.90 Å². The number of benzene rings is 1. The van der Waals surface area contributed by atoms with Crippen LogP contribution >= 0.6 is 15.9 Å². The first kappa shape index (κ1) is 28.5. The first-order valence-corrected chi connectivity index (χ1v) is 16.7. The maximum absolute atomic E-state index is 13.1. The number of aromatic nitrogens is 4. The van der Waals surface area contributed by atoms with Crippen molar-refractivity contribution in [2.75, 3.05) is 22.7 Å². The van der Waals surface area contributed by atoms with E-state index in [1.807, 2.05) is 18.3 Å². The quantitative estimate of drug-likeness (QED) is 0.238. The zero-order chi connectivity index (χ0) is 30.4. The van der Waals surface area contributed by atoms with Crippen LogP contribution in [0, 0.1) is 11.3 Å². The first-order chi connectivity index (χ1) is 21.3. The highest BCUT2D eigenvalue weighted by Gasteiger charge is 2.44. The van der Waals surface area contributed by atoms with Crippen molar-refractivity contribution >= 4 is 43.0 Å². The Kier molecular flexibility index (Phi) is 7.32. The van der Waals surface area contributed by atoms with Gasteiger partial charge in [-0.05, 0) is 66.9 Å². The average molecular weight is 670 g/mol. The second-order valence-electron chi connectivity index (χ2n) is 11.2. The molecule has 0 aliphatic carbocycles. The lowest BCUT2D eigenvalue weighted by Gasteiger charge is -2.56. The number of anilines is 2. The molecular formula is C32H29BrN8O2S. The van der Waals surface area contributed by atoms with Crippen molar-refractivity contribution in [1.82, 2.24) is 24.5 Å². The standard InChI is InChI=1S/C32H29BrN8O2S/c1-2-25-7-3-21(14-35-25)17-40-27-12-28(40)20-39(19-27)31-10-4-22(15-36-31)30-11-26(18-41-32(30)23(13-34)16-37-41)38-44(42,43)29-8-5-24(33)6-9-29/h3-11,14-16,18,27-28,38H,2,12,17,19-20H2,1H3. The van der Waals surface area contributed by atoms with Crippen LogP contribution in [0.4, 0.5) is 11.5 Å². The van der Waals surface area contributed by atoms with Gasteiger partial charge in [0, 0.05) is 65.4 Å². The number of nitrogens with zero attached hydrogens (tertiary/aromatic N) is 7. The summed E-state index contributed by atoms with van der Waals surface area (Å²) in [5.74, 6) is 0.897. The number of nitrogens with one attached hydrogen (secondary N) is 1. The van der Waals surface area contributed by atoms with Crippen molar-refractivity contribution in [2.45, 2.75) is 43.3 Å². The highest BCUT2D eigenvalue weighted by molar-refractivity contribution is 9.10. The van der Waals surface area contributed by atoms with E-state index in [1.54, 1.807) is 30.6 Å². The van der Waals surface area contributed by atoms with Gasteiger partial charge in [0.25, 0.3) is 10.0 Å². The molecule has 3 saturated heterocycles. The number of pyridine rings is 3. The highest BCUT2D eigenvalue weighted by Crippen LogP contribution is 2.36. The molecule has 8 rings (SSSR count). The van der Waals surface area contributed by atoms with Gasteiger partial charge in [-0.25, -0.2) is 17.9 Å². The molecule has 3 fully saturated rings. The number of nitriles is 1. The molecule has 3 aliphatic rings. The zero-order valence-corrected chi connectivity index (χ0v) is 26.3. The molecule has 2 unspecified atom stereocenters. The molecule has 44 heavy (non-hydrogen) atoms. The van der Waals surface area contributed by atoms with Crippen LogP contribution in [0.25, 0.3) is 16.6 Å². The molecule has 222 valence electrons. The molecule has 2 bridgehead atoms. The Morgan fingerprint density at radius 2 is 1.82 bits per heavy atom. The summed E-state index contributed by atoms with van der Waals surface area (Å²) >= 11 is 3.34. The molecule has 2 atom stereocenters. The van der Waals surface area contributed by atoms with Gasteiger partial charge < -0.3 is 4.90 Å².